The lowest BCUT2D eigenvalue weighted by molar-refractivity contribution is 0.0963. The highest BCUT2D eigenvalue weighted by Crippen LogP contribution is 2.30. The Labute approximate surface area is 169 Å². The summed E-state index contributed by atoms with van der Waals surface area (Å²) in [5.41, 5.74) is 10.7. The second-order valence-corrected chi connectivity index (χ2v) is 7.21. The number of nitrogen functional groups attached to an aromatic ring is 1. The molecule has 1 amide bonds. The van der Waals surface area contributed by atoms with Gasteiger partial charge in [-0.15, -0.1) is 0 Å². The van der Waals surface area contributed by atoms with Crippen LogP contribution in [-0.4, -0.2) is 27.5 Å². The zero-order valence-electron chi connectivity index (χ0n) is 16.8. The van der Waals surface area contributed by atoms with Crippen LogP contribution in [0.1, 0.15) is 41.5 Å². The first kappa shape index (κ1) is 18.9. The van der Waals surface area contributed by atoms with Gasteiger partial charge < -0.3 is 15.6 Å². The second kappa shape index (κ2) is 7.91. The van der Waals surface area contributed by atoms with Crippen LogP contribution < -0.4 is 11.1 Å². The van der Waals surface area contributed by atoms with Crippen LogP contribution in [0.3, 0.4) is 0 Å². The third-order valence-electron chi connectivity index (χ3n) is 5.23. The minimum Gasteiger partial charge on any atom is -0.382 e. The zero-order chi connectivity index (χ0) is 20.4. The average Bonchev–Trinajstić information content (AvgIpc) is 3.11. The Kier molecular flexibility index (Phi) is 5.16. The molecule has 2 aromatic carbocycles. The summed E-state index contributed by atoms with van der Waals surface area (Å²) in [5, 5.41) is 3.70. The van der Waals surface area contributed by atoms with Crippen LogP contribution in [0, 0.1) is 0 Å². The van der Waals surface area contributed by atoms with Gasteiger partial charge in [0.2, 0.25) is 0 Å². The second-order valence-electron chi connectivity index (χ2n) is 7.21. The molecule has 4 aromatic rings. The summed E-state index contributed by atoms with van der Waals surface area (Å²) in [5.74, 6) is 1.39. The lowest BCUT2D eigenvalue weighted by Crippen LogP contribution is -2.17. The van der Waals surface area contributed by atoms with Crippen LogP contribution in [0.25, 0.3) is 21.9 Å². The van der Waals surface area contributed by atoms with Gasteiger partial charge in [-0.05, 0) is 30.2 Å². The maximum Gasteiger partial charge on any atom is 0.251 e. The normalized spacial score (nSPS) is 11.2. The topological polar surface area (TPSA) is 85.8 Å². The summed E-state index contributed by atoms with van der Waals surface area (Å²) in [6.07, 6.45) is 3.04. The van der Waals surface area contributed by atoms with Crippen molar-refractivity contribution in [3.05, 3.63) is 65.5 Å². The number of nitrogens with two attached hydrogens (primary N) is 1. The Morgan fingerprint density at radius 2 is 1.86 bits per heavy atom. The Bertz CT molecular complexity index is 1180. The molecule has 0 unspecified atom stereocenters. The highest BCUT2D eigenvalue weighted by Gasteiger charge is 2.17. The summed E-state index contributed by atoms with van der Waals surface area (Å²) in [6, 6.07) is 15.7. The molecule has 0 radical (unpaired) electrons. The van der Waals surface area contributed by atoms with E-state index in [9.17, 15) is 4.79 Å². The van der Waals surface area contributed by atoms with Crippen molar-refractivity contribution in [1.82, 2.24) is 19.9 Å². The number of fused-ring (bicyclic) bond motifs is 3. The van der Waals surface area contributed by atoms with E-state index in [0.29, 0.717) is 17.9 Å². The molecule has 2 aromatic heterocycles. The molecule has 0 aliphatic rings. The fourth-order valence-electron chi connectivity index (χ4n) is 3.69. The van der Waals surface area contributed by atoms with E-state index < -0.39 is 0 Å². The van der Waals surface area contributed by atoms with Crippen molar-refractivity contribution in [3.8, 4) is 0 Å². The molecule has 0 aliphatic carbocycles. The van der Waals surface area contributed by atoms with Gasteiger partial charge in [-0.1, -0.05) is 43.7 Å². The monoisotopic (exact) mass is 387 g/mol. The van der Waals surface area contributed by atoms with Gasteiger partial charge in [0, 0.05) is 31.0 Å². The van der Waals surface area contributed by atoms with Gasteiger partial charge in [-0.25, -0.2) is 9.97 Å². The van der Waals surface area contributed by atoms with E-state index in [1.54, 1.807) is 7.05 Å². The summed E-state index contributed by atoms with van der Waals surface area (Å²) in [6.45, 7) is 2.84. The number of carbonyl (C=O) groups excluding carboxylic acids is 1. The Morgan fingerprint density at radius 3 is 2.59 bits per heavy atom. The summed E-state index contributed by atoms with van der Waals surface area (Å²) < 4.78 is 2.25. The number of amides is 1. The third kappa shape index (κ3) is 3.53. The molecule has 0 spiro atoms. The SMILES string of the molecule is CCCCc1nc2c(N)nc3ccccc3c2n1Cc1ccc(C(=O)NC)cc1. The number of nitrogens with one attached hydrogen (secondary N) is 1. The number of anilines is 1. The maximum absolute atomic E-state index is 11.8. The van der Waals surface area contributed by atoms with Crippen LogP contribution in [0.2, 0.25) is 0 Å². The van der Waals surface area contributed by atoms with E-state index in [4.69, 9.17) is 10.7 Å². The maximum atomic E-state index is 11.8. The molecule has 3 N–H and O–H groups in total. The molecule has 6 nitrogen and oxygen atoms in total. The van der Waals surface area contributed by atoms with Gasteiger partial charge in [0.1, 0.15) is 11.3 Å². The largest absolute Gasteiger partial charge is 0.382 e. The minimum absolute atomic E-state index is 0.0851. The molecular formula is C23H25N5O. The number of hydrogen-bond donors (Lipinski definition) is 2. The predicted octanol–water partition coefficient (Wildman–Crippen LogP) is 3.92. The summed E-state index contributed by atoms with van der Waals surface area (Å²) in [7, 11) is 1.64. The van der Waals surface area contributed by atoms with Crippen molar-refractivity contribution in [1.29, 1.82) is 0 Å². The molecule has 0 bridgehead atoms. The molecule has 0 atom stereocenters. The quantitative estimate of drug-likeness (QED) is 0.525. The molecular weight excluding hydrogens is 362 g/mol. The number of pyridine rings is 1. The van der Waals surface area contributed by atoms with Crippen molar-refractivity contribution in [2.24, 2.45) is 0 Å². The predicted molar refractivity (Wildman–Crippen MR) is 117 cm³/mol. The Morgan fingerprint density at radius 1 is 1.10 bits per heavy atom. The van der Waals surface area contributed by atoms with Crippen LogP contribution in [-0.2, 0) is 13.0 Å². The first-order valence-electron chi connectivity index (χ1n) is 9.96. The molecule has 0 saturated heterocycles. The molecule has 6 heteroatoms. The summed E-state index contributed by atoms with van der Waals surface area (Å²) >= 11 is 0. The molecule has 0 saturated carbocycles. The minimum atomic E-state index is -0.0851. The molecule has 4 rings (SSSR count). The number of hydrogen-bond acceptors (Lipinski definition) is 4. The number of aryl methyl sites for hydroxylation is 1. The van der Waals surface area contributed by atoms with E-state index in [1.165, 1.54) is 0 Å². The highest BCUT2D eigenvalue weighted by molar-refractivity contribution is 6.06. The number of rotatable bonds is 6. The Hall–Kier alpha value is -3.41. The van der Waals surface area contributed by atoms with E-state index in [1.807, 2.05) is 42.5 Å². The third-order valence-corrected chi connectivity index (χ3v) is 5.23. The molecule has 29 heavy (non-hydrogen) atoms. The lowest BCUT2D eigenvalue weighted by atomic mass is 10.1. The van der Waals surface area contributed by atoms with Gasteiger partial charge >= 0.3 is 0 Å². The standard InChI is InChI=1S/C23H25N5O/c1-3-4-9-19-27-20-21(17-7-5-6-8-18(17)26-22(20)24)28(19)14-15-10-12-16(13-11-15)23(29)25-2/h5-8,10-13H,3-4,9,14H2,1-2H3,(H2,24,26)(H,25,29). The van der Waals surface area contributed by atoms with E-state index in [2.05, 4.69) is 27.9 Å². The van der Waals surface area contributed by atoms with Crippen molar-refractivity contribution < 1.29 is 4.79 Å². The number of imidazole rings is 1. The number of benzene rings is 2. The molecule has 148 valence electrons. The fourth-order valence-corrected chi connectivity index (χ4v) is 3.69. The van der Waals surface area contributed by atoms with Gasteiger partial charge in [0.05, 0.1) is 11.0 Å². The van der Waals surface area contributed by atoms with Crippen LogP contribution in [0.5, 0.6) is 0 Å². The van der Waals surface area contributed by atoms with Crippen LogP contribution in [0.15, 0.2) is 48.5 Å². The van der Waals surface area contributed by atoms with Crippen molar-refractivity contribution in [2.45, 2.75) is 32.7 Å². The van der Waals surface area contributed by atoms with Crippen LogP contribution >= 0.6 is 0 Å². The molecule has 0 aliphatic heterocycles. The molecule has 0 fully saturated rings. The number of aromatic nitrogens is 3. The fraction of sp³-hybridized carbons (Fsp3) is 0.261. The van der Waals surface area contributed by atoms with Crippen molar-refractivity contribution in [2.75, 3.05) is 12.8 Å². The average molecular weight is 387 g/mol. The zero-order valence-corrected chi connectivity index (χ0v) is 16.8. The smallest absolute Gasteiger partial charge is 0.251 e. The van der Waals surface area contributed by atoms with E-state index in [0.717, 1.165) is 52.6 Å². The van der Waals surface area contributed by atoms with Crippen molar-refractivity contribution >= 4 is 33.7 Å². The van der Waals surface area contributed by atoms with E-state index in [-0.39, 0.29) is 5.91 Å². The van der Waals surface area contributed by atoms with Gasteiger partial charge in [-0.3, -0.25) is 4.79 Å². The summed E-state index contributed by atoms with van der Waals surface area (Å²) in [4.78, 5) is 21.2. The number of para-hydroxylation sites is 1. The number of nitrogens with zero attached hydrogens (tertiary/aromatic N) is 3. The van der Waals surface area contributed by atoms with E-state index >= 15 is 0 Å². The first-order valence-corrected chi connectivity index (χ1v) is 9.96. The van der Waals surface area contributed by atoms with Crippen LogP contribution in [0.4, 0.5) is 5.82 Å². The molecule has 2 heterocycles. The lowest BCUT2D eigenvalue weighted by Gasteiger charge is -2.11. The highest BCUT2D eigenvalue weighted by atomic mass is 16.1. The first-order chi connectivity index (χ1) is 14.1. The van der Waals surface area contributed by atoms with Gasteiger partial charge in [-0.2, -0.15) is 0 Å². The van der Waals surface area contributed by atoms with Crippen molar-refractivity contribution in [3.63, 3.8) is 0 Å². The van der Waals surface area contributed by atoms with Gasteiger partial charge in [0.15, 0.2) is 5.82 Å². The van der Waals surface area contributed by atoms with Gasteiger partial charge in [0.25, 0.3) is 5.91 Å². The number of carbonyl (C=O) groups is 1. The Balaban J connectivity index is 1.85. The number of unbranched alkanes of at least 4 members (excludes halogenated alkanes) is 1.